The van der Waals surface area contributed by atoms with Gasteiger partial charge in [-0.25, -0.2) is 0 Å². The Labute approximate surface area is 181 Å². The maximum atomic E-state index is 12.3. The van der Waals surface area contributed by atoms with Gasteiger partial charge in [-0.05, 0) is 12.1 Å². The normalized spacial score (nSPS) is 14.9. The third-order valence-electron chi connectivity index (χ3n) is 4.43. The summed E-state index contributed by atoms with van der Waals surface area (Å²) in [6, 6.07) is 3.42. The van der Waals surface area contributed by atoms with Gasteiger partial charge in [-0.2, -0.15) is 4.98 Å². The summed E-state index contributed by atoms with van der Waals surface area (Å²) >= 11 is 0. The molecule has 0 bridgehead atoms. The zero-order valence-electron chi connectivity index (χ0n) is 16.4. The Bertz CT molecular complexity index is 766. The number of amides is 1. The molecule has 0 aromatic carbocycles. The molecule has 0 radical (unpaired) electrons. The summed E-state index contributed by atoms with van der Waals surface area (Å²) in [5, 5.41) is 7.29. The molecule has 10 heteroatoms. The highest BCUT2D eigenvalue weighted by atomic mass is 127. The Morgan fingerprint density at radius 2 is 2.00 bits per heavy atom. The molecular formula is C18H27IN6O3. The summed E-state index contributed by atoms with van der Waals surface area (Å²) in [6.45, 7) is 7.39. The average molecular weight is 502 g/mol. The fraction of sp³-hybridized carbons (Fsp3) is 0.556. The van der Waals surface area contributed by atoms with Crippen LogP contribution < -0.4 is 5.32 Å². The molecule has 0 unspecified atom stereocenters. The molecule has 154 valence electrons. The maximum Gasteiger partial charge on any atom is 0.289 e. The molecule has 3 rings (SSSR count). The van der Waals surface area contributed by atoms with Crippen molar-refractivity contribution in [1.29, 1.82) is 0 Å². The molecule has 1 N–H and O–H groups in total. The number of aliphatic imine (C=N–C) groups is 1. The maximum absolute atomic E-state index is 12.3. The number of furan rings is 1. The van der Waals surface area contributed by atoms with Crippen LogP contribution in [0.1, 0.15) is 42.0 Å². The van der Waals surface area contributed by atoms with Gasteiger partial charge in [-0.15, -0.1) is 24.0 Å². The van der Waals surface area contributed by atoms with Crippen LogP contribution in [0.3, 0.4) is 0 Å². The third kappa shape index (κ3) is 5.46. The van der Waals surface area contributed by atoms with E-state index < -0.39 is 0 Å². The highest BCUT2D eigenvalue weighted by Gasteiger charge is 2.25. The van der Waals surface area contributed by atoms with Gasteiger partial charge in [0.2, 0.25) is 5.89 Å². The molecule has 3 heterocycles. The van der Waals surface area contributed by atoms with Gasteiger partial charge in [0, 0.05) is 52.1 Å². The standard InChI is InChI=1S/C18H26N6O3.HI/c1-13(2)16-21-15(27-22-16)6-7-20-18(19-3)24-10-8-23(9-11-24)17(25)14-5-4-12-26-14;/h4-5,12-13H,6-11H2,1-3H3,(H,19,20);1H. The van der Waals surface area contributed by atoms with Crippen LogP contribution in [0.15, 0.2) is 32.3 Å². The van der Waals surface area contributed by atoms with E-state index in [4.69, 9.17) is 8.94 Å². The lowest BCUT2D eigenvalue weighted by molar-refractivity contribution is 0.0657. The van der Waals surface area contributed by atoms with Gasteiger partial charge in [-0.3, -0.25) is 9.79 Å². The van der Waals surface area contributed by atoms with E-state index in [0.717, 1.165) is 11.8 Å². The Hall–Kier alpha value is -2.11. The SMILES string of the molecule is CN=C(NCCc1nc(C(C)C)no1)N1CCN(C(=O)c2ccco2)CC1.I. The Balaban J connectivity index is 0.00000280. The minimum absolute atomic E-state index is 0. The number of carbonyl (C=O) groups is 1. The summed E-state index contributed by atoms with van der Waals surface area (Å²) < 4.78 is 10.4. The number of nitrogens with one attached hydrogen (secondary N) is 1. The van der Waals surface area contributed by atoms with Crippen LogP contribution in [0.4, 0.5) is 0 Å². The first-order valence-electron chi connectivity index (χ1n) is 9.19. The minimum atomic E-state index is -0.0695. The van der Waals surface area contributed by atoms with Crippen molar-refractivity contribution in [3.05, 3.63) is 35.9 Å². The van der Waals surface area contributed by atoms with Gasteiger partial charge >= 0.3 is 0 Å². The molecule has 1 aliphatic heterocycles. The van der Waals surface area contributed by atoms with Crippen molar-refractivity contribution in [2.75, 3.05) is 39.8 Å². The molecule has 1 aliphatic rings. The fourth-order valence-corrected chi connectivity index (χ4v) is 2.90. The van der Waals surface area contributed by atoms with Crippen molar-refractivity contribution >= 4 is 35.8 Å². The molecule has 0 spiro atoms. The number of halogens is 1. The lowest BCUT2D eigenvalue weighted by Crippen LogP contribution is -2.54. The summed E-state index contributed by atoms with van der Waals surface area (Å²) in [6.07, 6.45) is 2.15. The van der Waals surface area contributed by atoms with Crippen LogP contribution >= 0.6 is 24.0 Å². The second-order valence-electron chi connectivity index (χ2n) is 6.68. The number of hydrogen-bond acceptors (Lipinski definition) is 6. The van der Waals surface area contributed by atoms with Gasteiger partial charge in [0.15, 0.2) is 17.5 Å². The molecule has 9 nitrogen and oxygen atoms in total. The topological polar surface area (TPSA) is 100 Å². The van der Waals surface area contributed by atoms with E-state index in [-0.39, 0.29) is 35.8 Å². The lowest BCUT2D eigenvalue weighted by atomic mass is 10.2. The van der Waals surface area contributed by atoms with Crippen LogP contribution in [0, 0.1) is 0 Å². The van der Waals surface area contributed by atoms with E-state index in [1.165, 1.54) is 6.26 Å². The van der Waals surface area contributed by atoms with Gasteiger partial charge in [-0.1, -0.05) is 19.0 Å². The largest absolute Gasteiger partial charge is 0.459 e. The number of aromatic nitrogens is 2. The van der Waals surface area contributed by atoms with Crippen molar-refractivity contribution in [3.8, 4) is 0 Å². The number of piperazine rings is 1. The van der Waals surface area contributed by atoms with E-state index >= 15 is 0 Å². The van der Waals surface area contributed by atoms with Crippen LogP contribution in [0.5, 0.6) is 0 Å². The first-order chi connectivity index (χ1) is 13.1. The summed E-state index contributed by atoms with van der Waals surface area (Å²) in [5.41, 5.74) is 0. The second kappa shape index (κ2) is 10.4. The quantitative estimate of drug-likeness (QED) is 0.379. The van der Waals surface area contributed by atoms with Crippen LogP contribution in [0.25, 0.3) is 0 Å². The Morgan fingerprint density at radius 1 is 1.29 bits per heavy atom. The summed E-state index contributed by atoms with van der Waals surface area (Å²) in [5.74, 6) is 2.72. The molecule has 0 aliphatic carbocycles. The molecular weight excluding hydrogens is 475 g/mol. The first kappa shape index (κ1) is 22.2. The molecule has 2 aromatic rings. The number of guanidine groups is 1. The van der Waals surface area contributed by atoms with E-state index in [2.05, 4.69) is 25.3 Å². The number of carbonyl (C=O) groups excluding carboxylic acids is 1. The first-order valence-corrected chi connectivity index (χ1v) is 9.19. The Kier molecular flexibility index (Phi) is 8.27. The summed E-state index contributed by atoms with van der Waals surface area (Å²) in [7, 11) is 1.76. The molecule has 1 amide bonds. The zero-order valence-corrected chi connectivity index (χ0v) is 18.8. The summed E-state index contributed by atoms with van der Waals surface area (Å²) in [4.78, 5) is 25.0. The molecule has 28 heavy (non-hydrogen) atoms. The minimum Gasteiger partial charge on any atom is -0.459 e. The van der Waals surface area contributed by atoms with E-state index in [1.54, 1.807) is 24.1 Å². The molecule has 1 saturated heterocycles. The molecule has 1 fully saturated rings. The van der Waals surface area contributed by atoms with Gasteiger partial charge in [0.1, 0.15) is 0 Å². The van der Waals surface area contributed by atoms with Crippen molar-refractivity contribution in [3.63, 3.8) is 0 Å². The molecule has 2 aromatic heterocycles. The van der Waals surface area contributed by atoms with Crippen molar-refractivity contribution in [2.45, 2.75) is 26.2 Å². The lowest BCUT2D eigenvalue weighted by Gasteiger charge is -2.36. The molecule has 0 saturated carbocycles. The van der Waals surface area contributed by atoms with E-state index in [1.807, 2.05) is 13.8 Å². The highest BCUT2D eigenvalue weighted by Crippen LogP contribution is 2.11. The number of hydrogen-bond donors (Lipinski definition) is 1. The van der Waals surface area contributed by atoms with E-state index in [0.29, 0.717) is 50.8 Å². The smallest absolute Gasteiger partial charge is 0.289 e. The van der Waals surface area contributed by atoms with E-state index in [9.17, 15) is 4.79 Å². The van der Waals surface area contributed by atoms with Gasteiger partial charge in [0.05, 0.1) is 6.26 Å². The highest BCUT2D eigenvalue weighted by molar-refractivity contribution is 14.0. The van der Waals surface area contributed by atoms with Crippen molar-refractivity contribution in [1.82, 2.24) is 25.3 Å². The van der Waals surface area contributed by atoms with Crippen LogP contribution in [-0.2, 0) is 6.42 Å². The van der Waals surface area contributed by atoms with Gasteiger partial charge in [0.25, 0.3) is 5.91 Å². The van der Waals surface area contributed by atoms with Crippen LogP contribution in [-0.4, -0.2) is 71.6 Å². The third-order valence-corrected chi connectivity index (χ3v) is 4.43. The average Bonchev–Trinajstić information content (AvgIpc) is 3.37. The zero-order chi connectivity index (χ0) is 19.2. The van der Waals surface area contributed by atoms with Crippen molar-refractivity contribution < 1.29 is 13.7 Å². The monoisotopic (exact) mass is 502 g/mol. The number of rotatable bonds is 5. The predicted octanol–water partition coefficient (Wildman–Crippen LogP) is 1.98. The van der Waals surface area contributed by atoms with Gasteiger partial charge < -0.3 is 24.1 Å². The number of nitrogens with zero attached hydrogens (tertiary/aromatic N) is 5. The van der Waals surface area contributed by atoms with Crippen LogP contribution in [0.2, 0.25) is 0 Å². The fourth-order valence-electron chi connectivity index (χ4n) is 2.90. The van der Waals surface area contributed by atoms with Crippen molar-refractivity contribution in [2.24, 2.45) is 4.99 Å². The second-order valence-corrected chi connectivity index (χ2v) is 6.68. The molecule has 0 atom stereocenters. The predicted molar refractivity (Wildman–Crippen MR) is 115 cm³/mol. The Morgan fingerprint density at radius 3 is 2.57 bits per heavy atom.